The Bertz CT molecular complexity index is 711. The molecule has 2 N–H and O–H groups in total. The number of ether oxygens (including phenoxy) is 2. The maximum Gasteiger partial charge on any atom is 0.317 e. The molecule has 29 heavy (non-hydrogen) atoms. The zero-order valence-electron chi connectivity index (χ0n) is 17.1. The molecule has 0 aliphatic carbocycles. The number of carbonyl (C=O) groups is 2. The van der Waals surface area contributed by atoms with Crippen LogP contribution in [0.4, 0.5) is 9.18 Å². The van der Waals surface area contributed by atoms with Crippen molar-refractivity contribution in [3.63, 3.8) is 0 Å². The number of benzene rings is 1. The number of urea groups is 1. The molecule has 1 aliphatic rings. The molecule has 1 aliphatic heterocycles. The summed E-state index contributed by atoms with van der Waals surface area (Å²) in [6, 6.07) is 4.32. The van der Waals surface area contributed by atoms with Crippen LogP contribution in [0.15, 0.2) is 30.9 Å². The summed E-state index contributed by atoms with van der Waals surface area (Å²) < 4.78 is 24.5. The van der Waals surface area contributed by atoms with Crippen molar-refractivity contribution in [2.75, 3.05) is 39.5 Å². The molecule has 8 heteroatoms. The van der Waals surface area contributed by atoms with E-state index in [1.54, 1.807) is 11.0 Å². The highest BCUT2D eigenvalue weighted by molar-refractivity contribution is 5.87. The molecule has 1 heterocycles. The van der Waals surface area contributed by atoms with Gasteiger partial charge in [0, 0.05) is 31.7 Å². The average Bonchev–Trinajstić information content (AvgIpc) is 3.15. The van der Waals surface area contributed by atoms with Crippen molar-refractivity contribution in [3.8, 4) is 5.75 Å². The van der Waals surface area contributed by atoms with Gasteiger partial charge in [0.2, 0.25) is 5.91 Å². The fourth-order valence-electron chi connectivity index (χ4n) is 3.09. The topological polar surface area (TPSA) is 79.9 Å². The Morgan fingerprint density at radius 1 is 1.34 bits per heavy atom. The second-order valence-electron chi connectivity index (χ2n) is 7.17. The van der Waals surface area contributed by atoms with Gasteiger partial charge in [-0.05, 0) is 30.0 Å². The number of amides is 3. The minimum atomic E-state index is -0.332. The number of rotatable bonds is 10. The molecular weight excluding hydrogens is 377 g/mol. The van der Waals surface area contributed by atoms with Gasteiger partial charge < -0.3 is 25.0 Å². The van der Waals surface area contributed by atoms with Crippen LogP contribution in [-0.2, 0) is 9.53 Å². The van der Waals surface area contributed by atoms with E-state index in [9.17, 15) is 14.0 Å². The van der Waals surface area contributed by atoms with Crippen molar-refractivity contribution in [2.24, 2.45) is 0 Å². The summed E-state index contributed by atoms with van der Waals surface area (Å²) in [7, 11) is 0. The van der Waals surface area contributed by atoms with E-state index < -0.39 is 0 Å². The van der Waals surface area contributed by atoms with Crippen LogP contribution < -0.4 is 15.4 Å². The normalized spacial score (nSPS) is 16.0. The van der Waals surface area contributed by atoms with Crippen LogP contribution in [0.1, 0.15) is 31.7 Å². The first kappa shape index (κ1) is 22.7. The number of hydrogen-bond donors (Lipinski definition) is 2. The van der Waals surface area contributed by atoms with Gasteiger partial charge >= 0.3 is 6.03 Å². The average molecular weight is 407 g/mol. The third-order valence-corrected chi connectivity index (χ3v) is 4.61. The van der Waals surface area contributed by atoms with E-state index in [0.29, 0.717) is 45.2 Å². The molecular formula is C21H30FN3O4. The predicted octanol–water partition coefficient (Wildman–Crippen LogP) is 2.43. The molecule has 1 fully saturated rings. The number of hydrogen-bond acceptors (Lipinski definition) is 4. The molecule has 0 spiro atoms. The Morgan fingerprint density at radius 3 is 2.86 bits per heavy atom. The molecule has 0 radical (unpaired) electrons. The van der Waals surface area contributed by atoms with Crippen LogP contribution in [0.5, 0.6) is 5.75 Å². The summed E-state index contributed by atoms with van der Waals surface area (Å²) in [5, 5.41) is 5.58. The van der Waals surface area contributed by atoms with E-state index in [4.69, 9.17) is 9.47 Å². The fraction of sp³-hybridized carbons (Fsp3) is 0.524. The highest BCUT2D eigenvalue weighted by Crippen LogP contribution is 2.27. The van der Waals surface area contributed by atoms with Crippen LogP contribution in [0, 0.1) is 5.82 Å². The second kappa shape index (κ2) is 11.4. The lowest BCUT2D eigenvalue weighted by molar-refractivity contribution is -0.117. The fourth-order valence-corrected chi connectivity index (χ4v) is 3.09. The van der Waals surface area contributed by atoms with E-state index in [1.807, 2.05) is 13.8 Å². The monoisotopic (exact) mass is 407 g/mol. The van der Waals surface area contributed by atoms with Crippen LogP contribution in [0.2, 0.25) is 0 Å². The van der Waals surface area contributed by atoms with E-state index in [2.05, 4.69) is 17.2 Å². The molecule has 3 amide bonds. The van der Waals surface area contributed by atoms with Gasteiger partial charge in [-0.25, -0.2) is 9.18 Å². The molecule has 1 atom stereocenters. The number of halogens is 1. The van der Waals surface area contributed by atoms with Gasteiger partial charge in [-0.15, -0.1) is 0 Å². The summed E-state index contributed by atoms with van der Waals surface area (Å²) in [4.78, 5) is 25.1. The van der Waals surface area contributed by atoms with Crippen molar-refractivity contribution in [2.45, 2.75) is 32.2 Å². The van der Waals surface area contributed by atoms with Crippen LogP contribution >= 0.6 is 0 Å². The molecule has 7 nitrogen and oxygen atoms in total. The van der Waals surface area contributed by atoms with Crippen molar-refractivity contribution in [1.82, 2.24) is 15.5 Å². The lowest BCUT2D eigenvalue weighted by atomic mass is 10.0. The number of nitrogens with zero attached hydrogens (tertiary/aromatic N) is 1. The van der Waals surface area contributed by atoms with E-state index in [-0.39, 0.29) is 29.7 Å². The van der Waals surface area contributed by atoms with Crippen molar-refractivity contribution >= 4 is 11.9 Å². The lowest BCUT2D eigenvalue weighted by Gasteiger charge is -2.18. The predicted molar refractivity (Wildman–Crippen MR) is 109 cm³/mol. The van der Waals surface area contributed by atoms with Gasteiger partial charge in [-0.3, -0.25) is 4.79 Å². The van der Waals surface area contributed by atoms with E-state index in [1.165, 1.54) is 18.2 Å². The maximum absolute atomic E-state index is 13.4. The van der Waals surface area contributed by atoms with Crippen LogP contribution in [-0.4, -0.2) is 62.3 Å². The Morgan fingerprint density at radius 2 is 2.14 bits per heavy atom. The molecule has 1 aromatic rings. The summed E-state index contributed by atoms with van der Waals surface area (Å²) in [5.74, 6) is 0.203. The van der Waals surface area contributed by atoms with Crippen LogP contribution in [0.3, 0.4) is 0 Å². The van der Waals surface area contributed by atoms with E-state index >= 15 is 0 Å². The molecule has 2 rings (SSSR count). The quantitative estimate of drug-likeness (QED) is 0.461. The molecule has 0 aromatic heterocycles. The van der Waals surface area contributed by atoms with Crippen LogP contribution in [0.25, 0.3) is 0 Å². The highest BCUT2D eigenvalue weighted by Gasteiger charge is 2.26. The Hall–Kier alpha value is -2.61. The summed E-state index contributed by atoms with van der Waals surface area (Å²) >= 11 is 0. The standard InChI is InChI=1S/C21H30FN3O4/c1-4-20(26)24-17-7-9-25(14-17)21(27)23-8-10-28-11-12-29-19-13-16(22)5-6-18(19)15(2)3/h4-6,13,15,17H,1,7-12,14H2,2-3H3,(H,23,27)(H,24,26). The molecule has 1 unspecified atom stereocenters. The third-order valence-electron chi connectivity index (χ3n) is 4.61. The zero-order valence-corrected chi connectivity index (χ0v) is 17.1. The minimum absolute atomic E-state index is 0.0433. The van der Waals surface area contributed by atoms with Gasteiger partial charge in [-0.2, -0.15) is 0 Å². The van der Waals surface area contributed by atoms with Crippen molar-refractivity contribution < 1.29 is 23.5 Å². The first-order chi connectivity index (χ1) is 13.9. The Balaban J connectivity index is 1.59. The van der Waals surface area contributed by atoms with E-state index in [0.717, 1.165) is 12.0 Å². The minimum Gasteiger partial charge on any atom is -0.491 e. The summed E-state index contributed by atoms with van der Waals surface area (Å²) in [6.45, 7) is 9.89. The van der Waals surface area contributed by atoms with Crippen molar-refractivity contribution in [1.29, 1.82) is 0 Å². The molecule has 1 saturated heterocycles. The van der Waals surface area contributed by atoms with Gasteiger partial charge in [0.05, 0.1) is 13.2 Å². The molecule has 0 bridgehead atoms. The highest BCUT2D eigenvalue weighted by atomic mass is 19.1. The summed E-state index contributed by atoms with van der Waals surface area (Å²) in [6.07, 6.45) is 1.95. The molecule has 160 valence electrons. The zero-order chi connectivity index (χ0) is 21.2. The SMILES string of the molecule is C=CC(=O)NC1CCN(C(=O)NCCOCCOc2cc(F)ccc2C(C)C)C1. The first-order valence-electron chi connectivity index (χ1n) is 9.86. The molecule has 1 aromatic carbocycles. The maximum atomic E-state index is 13.4. The first-order valence-corrected chi connectivity index (χ1v) is 9.86. The Labute approximate surface area is 171 Å². The lowest BCUT2D eigenvalue weighted by Crippen LogP contribution is -2.42. The van der Waals surface area contributed by atoms with Crippen molar-refractivity contribution in [3.05, 3.63) is 42.2 Å². The van der Waals surface area contributed by atoms with Gasteiger partial charge in [0.25, 0.3) is 0 Å². The van der Waals surface area contributed by atoms with Gasteiger partial charge in [-0.1, -0.05) is 26.5 Å². The number of carbonyl (C=O) groups excluding carboxylic acids is 2. The second-order valence-corrected chi connectivity index (χ2v) is 7.17. The van der Waals surface area contributed by atoms with Gasteiger partial charge in [0.1, 0.15) is 18.2 Å². The number of nitrogens with one attached hydrogen (secondary N) is 2. The number of likely N-dealkylation sites (tertiary alicyclic amines) is 1. The third kappa shape index (κ3) is 7.38. The molecule has 0 saturated carbocycles. The van der Waals surface area contributed by atoms with Gasteiger partial charge in [0.15, 0.2) is 0 Å². The Kier molecular flexibility index (Phi) is 8.92. The smallest absolute Gasteiger partial charge is 0.317 e. The summed E-state index contributed by atoms with van der Waals surface area (Å²) in [5.41, 5.74) is 0.951. The largest absolute Gasteiger partial charge is 0.491 e.